The molecule has 1 atom stereocenters. The molecule has 1 aromatic rings. The fraction of sp³-hybridized carbons (Fsp3) is 0.562. The molecule has 3 rings (SSSR count). The lowest BCUT2D eigenvalue weighted by Gasteiger charge is -2.27. The summed E-state index contributed by atoms with van der Waals surface area (Å²) >= 11 is 0. The topological polar surface area (TPSA) is 87.7 Å². The molecule has 2 N–H and O–H groups in total. The highest BCUT2D eigenvalue weighted by Crippen LogP contribution is 2.15. The number of carbonyl (C=O) groups is 1. The van der Waals surface area contributed by atoms with Gasteiger partial charge in [-0.25, -0.2) is 13.1 Å². The van der Waals surface area contributed by atoms with Gasteiger partial charge in [-0.3, -0.25) is 4.79 Å². The Morgan fingerprint density at radius 3 is 2.58 bits per heavy atom. The van der Waals surface area contributed by atoms with Crippen LogP contribution in [0.5, 0.6) is 0 Å². The zero-order chi connectivity index (χ0) is 17.0. The summed E-state index contributed by atoms with van der Waals surface area (Å²) in [7, 11) is -3.58. The third-order valence-electron chi connectivity index (χ3n) is 4.34. The van der Waals surface area contributed by atoms with Crippen LogP contribution in [-0.4, -0.2) is 64.7 Å². The molecule has 0 aromatic heterocycles. The first-order valence-electron chi connectivity index (χ1n) is 8.27. The molecule has 1 aromatic carbocycles. The Bertz CT molecular complexity index is 663. The maximum absolute atomic E-state index is 12.4. The number of piperazine rings is 1. The van der Waals surface area contributed by atoms with Gasteiger partial charge >= 0.3 is 0 Å². The first-order chi connectivity index (χ1) is 11.6. The maximum atomic E-state index is 12.4. The van der Waals surface area contributed by atoms with Crippen LogP contribution in [0.1, 0.15) is 23.2 Å². The van der Waals surface area contributed by atoms with Crippen molar-refractivity contribution in [1.29, 1.82) is 0 Å². The van der Waals surface area contributed by atoms with Crippen molar-refractivity contribution >= 4 is 15.9 Å². The fourth-order valence-corrected chi connectivity index (χ4v) is 3.98. The molecule has 0 spiro atoms. The van der Waals surface area contributed by atoms with Crippen LogP contribution in [-0.2, 0) is 14.8 Å². The quantitative estimate of drug-likeness (QED) is 0.789. The predicted octanol–water partition coefficient (Wildman–Crippen LogP) is 0.189. The van der Waals surface area contributed by atoms with Gasteiger partial charge in [0.1, 0.15) is 0 Å². The number of sulfonamides is 1. The normalized spacial score (nSPS) is 21.8. The van der Waals surface area contributed by atoms with Gasteiger partial charge in [0.05, 0.1) is 11.0 Å². The second-order valence-electron chi connectivity index (χ2n) is 6.05. The Morgan fingerprint density at radius 1 is 1.25 bits per heavy atom. The first kappa shape index (κ1) is 17.3. The molecular formula is C16H23N3O4S. The molecule has 0 saturated carbocycles. The Morgan fingerprint density at radius 2 is 1.96 bits per heavy atom. The highest BCUT2D eigenvalue weighted by atomic mass is 32.2. The van der Waals surface area contributed by atoms with Crippen molar-refractivity contribution in [3.8, 4) is 0 Å². The molecule has 24 heavy (non-hydrogen) atoms. The summed E-state index contributed by atoms with van der Waals surface area (Å²) < 4.78 is 32.6. The van der Waals surface area contributed by atoms with Crippen LogP contribution in [0.3, 0.4) is 0 Å². The number of nitrogens with one attached hydrogen (secondary N) is 2. The zero-order valence-electron chi connectivity index (χ0n) is 13.5. The van der Waals surface area contributed by atoms with E-state index in [2.05, 4.69) is 10.0 Å². The van der Waals surface area contributed by atoms with E-state index in [0.29, 0.717) is 25.3 Å². The average Bonchev–Trinajstić information content (AvgIpc) is 3.14. The predicted molar refractivity (Wildman–Crippen MR) is 89.4 cm³/mol. The van der Waals surface area contributed by atoms with Crippen molar-refractivity contribution in [1.82, 2.24) is 14.9 Å². The van der Waals surface area contributed by atoms with E-state index in [9.17, 15) is 13.2 Å². The summed E-state index contributed by atoms with van der Waals surface area (Å²) in [6.45, 7) is 3.87. The summed E-state index contributed by atoms with van der Waals surface area (Å²) in [4.78, 5) is 14.3. The third-order valence-corrected chi connectivity index (χ3v) is 5.78. The number of nitrogens with zero attached hydrogens (tertiary/aromatic N) is 1. The Hall–Kier alpha value is -1.48. The molecule has 2 aliphatic rings. The van der Waals surface area contributed by atoms with Gasteiger partial charge in [-0.15, -0.1) is 0 Å². The summed E-state index contributed by atoms with van der Waals surface area (Å²) in [6.07, 6.45) is 1.80. The number of rotatable bonds is 5. The number of hydrogen-bond acceptors (Lipinski definition) is 5. The number of carbonyl (C=O) groups excluding carboxylic acids is 1. The van der Waals surface area contributed by atoms with E-state index in [1.54, 1.807) is 17.0 Å². The molecule has 8 heteroatoms. The zero-order valence-corrected chi connectivity index (χ0v) is 14.3. The van der Waals surface area contributed by atoms with Gasteiger partial charge in [-0.1, -0.05) is 0 Å². The summed E-state index contributed by atoms with van der Waals surface area (Å²) in [5.41, 5.74) is 0.509. The van der Waals surface area contributed by atoms with E-state index in [1.165, 1.54) is 12.1 Å². The minimum absolute atomic E-state index is 0.0478. The van der Waals surface area contributed by atoms with E-state index in [-0.39, 0.29) is 23.5 Å². The van der Waals surface area contributed by atoms with Gasteiger partial charge in [-0.2, -0.15) is 0 Å². The van der Waals surface area contributed by atoms with E-state index in [1.807, 2.05) is 0 Å². The molecule has 1 unspecified atom stereocenters. The van der Waals surface area contributed by atoms with Gasteiger partial charge in [0.15, 0.2) is 0 Å². The molecule has 0 bridgehead atoms. The number of ether oxygens (including phenoxy) is 1. The smallest absolute Gasteiger partial charge is 0.253 e. The van der Waals surface area contributed by atoms with Crippen molar-refractivity contribution in [2.24, 2.45) is 0 Å². The summed E-state index contributed by atoms with van der Waals surface area (Å²) in [6, 6.07) is 6.11. The van der Waals surface area contributed by atoms with Crippen LogP contribution in [0.25, 0.3) is 0 Å². The van der Waals surface area contributed by atoms with Crippen molar-refractivity contribution in [3.05, 3.63) is 29.8 Å². The fourth-order valence-electron chi connectivity index (χ4n) is 2.92. The molecule has 2 fully saturated rings. The second-order valence-corrected chi connectivity index (χ2v) is 7.82. The van der Waals surface area contributed by atoms with E-state index in [0.717, 1.165) is 25.9 Å². The van der Waals surface area contributed by atoms with Crippen molar-refractivity contribution in [2.75, 3.05) is 39.3 Å². The molecular weight excluding hydrogens is 330 g/mol. The van der Waals surface area contributed by atoms with E-state index < -0.39 is 10.0 Å². The minimum atomic E-state index is -3.58. The Labute approximate surface area is 142 Å². The van der Waals surface area contributed by atoms with Crippen LogP contribution >= 0.6 is 0 Å². The molecule has 7 nitrogen and oxygen atoms in total. The SMILES string of the molecule is O=C(c1ccc(S(=O)(=O)NCC2CCCO2)cc1)N1CCNCC1. The van der Waals surface area contributed by atoms with Crippen LogP contribution in [0, 0.1) is 0 Å². The maximum Gasteiger partial charge on any atom is 0.253 e. The molecule has 2 saturated heterocycles. The first-order valence-corrected chi connectivity index (χ1v) is 9.76. The number of benzene rings is 1. The van der Waals surface area contributed by atoms with Crippen LogP contribution < -0.4 is 10.0 Å². The monoisotopic (exact) mass is 353 g/mol. The molecule has 0 aliphatic carbocycles. The van der Waals surface area contributed by atoms with Gasteiger partial charge in [0.25, 0.3) is 5.91 Å². The Kier molecular flexibility index (Phi) is 5.50. The van der Waals surface area contributed by atoms with Gasteiger partial charge in [-0.05, 0) is 37.1 Å². The van der Waals surface area contributed by atoms with E-state index >= 15 is 0 Å². The number of amides is 1. The molecule has 0 radical (unpaired) electrons. The van der Waals surface area contributed by atoms with Crippen LogP contribution in [0.4, 0.5) is 0 Å². The van der Waals surface area contributed by atoms with Crippen molar-refractivity contribution in [3.63, 3.8) is 0 Å². The lowest BCUT2D eigenvalue weighted by Crippen LogP contribution is -2.46. The van der Waals surface area contributed by atoms with Gasteiger partial charge in [0, 0.05) is 44.9 Å². The lowest BCUT2D eigenvalue weighted by molar-refractivity contribution is 0.0735. The lowest BCUT2D eigenvalue weighted by atomic mass is 10.2. The summed E-state index contributed by atoms with van der Waals surface area (Å²) in [5, 5.41) is 3.20. The number of hydrogen-bond donors (Lipinski definition) is 2. The highest BCUT2D eigenvalue weighted by Gasteiger charge is 2.22. The van der Waals surface area contributed by atoms with Crippen LogP contribution in [0.2, 0.25) is 0 Å². The minimum Gasteiger partial charge on any atom is -0.377 e. The highest BCUT2D eigenvalue weighted by molar-refractivity contribution is 7.89. The largest absolute Gasteiger partial charge is 0.377 e. The third kappa shape index (κ3) is 4.13. The van der Waals surface area contributed by atoms with E-state index in [4.69, 9.17) is 4.74 Å². The van der Waals surface area contributed by atoms with Gasteiger partial charge < -0.3 is 15.0 Å². The summed E-state index contributed by atoms with van der Waals surface area (Å²) in [5.74, 6) is -0.0623. The Balaban J connectivity index is 1.63. The molecule has 1 amide bonds. The van der Waals surface area contributed by atoms with Gasteiger partial charge in [0.2, 0.25) is 10.0 Å². The molecule has 2 heterocycles. The molecule has 132 valence electrons. The van der Waals surface area contributed by atoms with Crippen LogP contribution in [0.15, 0.2) is 29.2 Å². The standard InChI is InChI=1S/C16H23N3O4S/c20-16(19-9-7-17-8-10-19)13-3-5-15(6-4-13)24(21,22)18-12-14-2-1-11-23-14/h3-6,14,17-18H,1-2,7-12H2. The van der Waals surface area contributed by atoms with Crippen molar-refractivity contribution < 1.29 is 17.9 Å². The second kappa shape index (κ2) is 7.60. The van der Waals surface area contributed by atoms with Crippen molar-refractivity contribution in [2.45, 2.75) is 23.8 Å². The average molecular weight is 353 g/mol. The molecule has 2 aliphatic heterocycles.